The molecule has 1 aliphatic heterocycles. The molecule has 11 nitrogen and oxygen atoms in total. The Kier molecular flexibility index (Phi) is 10.5. The SMILES string of the molecule is CO/N=C(\C(=O)C[C@@H]1C(=O)N(S(=O)(=O)[O-])[C@H]1CSCC[NH3+])c1cnc(N)s1.[K+]. The van der Waals surface area contributed by atoms with Crippen LogP contribution in [0.2, 0.25) is 0 Å². The van der Waals surface area contributed by atoms with Crippen molar-refractivity contribution in [2.45, 2.75) is 12.5 Å². The summed E-state index contributed by atoms with van der Waals surface area (Å²) < 4.78 is 34.3. The van der Waals surface area contributed by atoms with E-state index in [9.17, 15) is 22.6 Å². The van der Waals surface area contributed by atoms with E-state index in [1.54, 1.807) is 0 Å². The largest absolute Gasteiger partial charge is 1.00 e. The van der Waals surface area contributed by atoms with Gasteiger partial charge < -0.3 is 20.9 Å². The summed E-state index contributed by atoms with van der Waals surface area (Å²) in [6.07, 6.45) is 1.05. The summed E-state index contributed by atoms with van der Waals surface area (Å²) in [5, 5.41) is 3.91. The molecule has 2 heterocycles. The molecule has 1 aliphatic rings. The molecule has 0 saturated carbocycles. The number of carbonyl (C=O) groups is 2. The van der Waals surface area contributed by atoms with E-state index in [4.69, 9.17) is 5.73 Å². The predicted molar refractivity (Wildman–Crippen MR) is 98.6 cm³/mol. The van der Waals surface area contributed by atoms with Gasteiger partial charge in [0.25, 0.3) is 0 Å². The molecule has 0 unspecified atom stereocenters. The number of amides is 1. The van der Waals surface area contributed by atoms with Gasteiger partial charge in [-0.3, -0.25) is 9.59 Å². The van der Waals surface area contributed by atoms with Crippen LogP contribution < -0.4 is 62.9 Å². The first kappa shape index (κ1) is 25.9. The van der Waals surface area contributed by atoms with Crippen LogP contribution in [0.3, 0.4) is 0 Å². The van der Waals surface area contributed by atoms with Crippen LogP contribution in [0.25, 0.3) is 0 Å². The van der Waals surface area contributed by atoms with Crippen molar-refractivity contribution < 1.29 is 84.5 Å². The molecule has 1 saturated heterocycles. The molecule has 0 aliphatic carbocycles. The van der Waals surface area contributed by atoms with Crippen molar-refractivity contribution in [3.05, 3.63) is 11.1 Å². The first-order valence-corrected chi connectivity index (χ1v) is 11.1. The van der Waals surface area contributed by atoms with E-state index in [1.807, 2.05) is 0 Å². The van der Waals surface area contributed by atoms with Crippen LogP contribution in [0.15, 0.2) is 11.4 Å². The number of nitrogen functional groups attached to an aromatic ring is 1. The van der Waals surface area contributed by atoms with Crippen LogP contribution in [0.5, 0.6) is 0 Å². The van der Waals surface area contributed by atoms with Crippen molar-refractivity contribution in [3.63, 3.8) is 0 Å². The van der Waals surface area contributed by atoms with Crippen molar-refractivity contribution in [2.24, 2.45) is 11.1 Å². The van der Waals surface area contributed by atoms with Crippen LogP contribution in [0, 0.1) is 5.92 Å². The number of anilines is 1. The summed E-state index contributed by atoms with van der Waals surface area (Å²) in [6.45, 7) is 0.608. The van der Waals surface area contributed by atoms with Gasteiger partial charge in [0.1, 0.15) is 7.11 Å². The number of carbonyl (C=O) groups excluding carboxylic acids is 2. The Balaban J connectivity index is 0.00000392. The summed E-state index contributed by atoms with van der Waals surface area (Å²) in [6, 6.07) is -0.879. The number of β-lactam (4-membered cyclic amide) rings is 1. The van der Waals surface area contributed by atoms with Crippen molar-refractivity contribution in [1.82, 2.24) is 9.29 Å². The second kappa shape index (κ2) is 11.3. The average Bonchev–Trinajstić information content (AvgIpc) is 3.01. The van der Waals surface area contributed by atoms with Gasteiger partial charge in [-0.1, -0.05) is 16.5 Å². The molecule has 1 aromatic heterocycles. The average molecular weight is 477 g/mol. The van der Waals surface area contributed by atoms with Gasteiger partial charge in [-0.2, -0.15) is 11.8 Å². The van der Waals surface area contributed by atoms with Crippen LogP contribution in [-0.4, -0.2) is 70.9 Å². The normalized spacial score (nSPS) is 19.8. The van der Waals surface area contributed by atoms with Crippen molar-refractivity contribution in [1.29, 1.82) is 0 Å². The molecule has 15 heteroatoms. The number of Topliss-reactive ketones (excluding diaryl/α,β-unsaturated/α-hetero) is 1. The number of thiazole rings is 1. The van der Waals surface area contributed by atoms with E-state index in [1.165, 1.54) is 25.1 Å². The Morgan fingerprint density at radius 3 is 2.75 bits per heavy atom. The predicted octanol–water partition coefficient (Wildman–Crippen LogP) is -4.70. The Hall–Kier alpha value is -0.104. The molecule has 150 valence electrons. The molecule has 28 heavy (non-hydrogen) atoms. The number of nitrogens with zero attached hydrogens (tertiary/aromatic N) is 3. The second-order valence-corrected chi connectivity index (χ2v) is 8.97. The number of ketones is 1. The van der Waals surface area contributed by atoms with Crippen molar-refractivity contribution >= 4 is 55.9 Å². The minimum atomic E-state index is -4.94. The molecule has 2 atom stereocenters. The third-order valence-corrected chi connectivity index (χ3v) is 6.65. The molecule has 1 amide bonds. The maximum Gasteiger partial charge on any atom is 1.00 e. The minimum absolute atomic E-state index is 0. The summed E-state index contributed by atoms with van der Waals surface area (Å²) in [5.74, 6) is -1.50. The van der Waals surface area contributed by atoms with Crippen molar-refractivity contribution in [3.8, 4) is 0 Å². The van der Waals surface area contributed by atoms with Gasteiger partial charge in [-0.15, -0.1) is 0 Å². The maximum atomic E-state index is 12.6. The standard InChI is InChI=1S/C13H19N5O6S3.K/c1-24-17-11(10-5-16-13(15)26-10)9(19)4-7-8(6-25-3-2-14)18(12(7)20)27(21,22)23;/h5,7-8H,2-4,6,14H2,1H3,(H2,15,16)(H,21,22,23);/q;+1/b17-11+;/t7-,8-;/m0./s1. The topological polar surface area (TPSA) is 183 Å². The number of hydrogen-bond acceptors (Lipinski definition) is 11. The molecular weight excluding hydrogens is 457 g/mol. The first-order chi connectivity index (χ1) is 12.7. The number of oxime groups is 1. The van der Waals surface area contributed by atoms with Gasteiger partial charge >= 0.3 is 51.4 Å². The molecule has 1 aromatic rings. The van der Waals surface area contributed by atoms with Gasteiger partial charge in [0.05, 0.1) is 23.4 Å². The fourth-order valence-corrected chi connectivity index (χ4v) is 5.26. The van der Waals surface area contributed by atoms with E-state index in [0.29, 0.717) is 21.5 Å². The molecule has 0 aromatic carbocycles. The second-order valence-electron chi connectivity index (χ2n) is 5.51. The summed E-state index contributed by atoms with van der Waals surface area (Å²) >= 11 is 2.38. The number of aromatic nitrogens is 1. The number of thioether (sulfide) groups is 1. The summed E-state index contributed by atoms with van der Waals surface area (Å²) in [7, 11) is -3.68. The van der Waals surface area contributed by atoms with Crippen LogP contribution in [0.1, 0.15) is 11.3 Å². The molecule has 1 fully saturated rings. The monoisotopic (exact) mass is 476 g/mol. The third-order valence-electron chi connectivity index (χ3n) is 3.73. The van der Waals surface area contributed by atoms with Gasteiger partial charge in [0.2, 0.25) is 5.91 Å². The Bertz CT molecular complexity index is 845. The Morgan fingerprint density at radius 2 is 2.25 bits per heavy atom. The molecule has 0 bridgehead atoms. The third kappa shape index (κ3) is 6.20. The zero-order chi connectivity index (χ0) is 20.2. The molecule has 0 radical (unpaired) electrons. The van der Waals surface area contributed by atoms with E-state index in [0.717, 1.165) is 11.3 Å². The minimum Gasteiger partial charge on any atom is -0.731 e. The van der Waals surface area contributed by atoms with E-state index in [-0.39, 0.29) is 74.4 Å². The number of rotatable bonds is 10. The number of nitrogens with two attached hydrogens (primary N) is 1. The van der Waals surface area contributed by atoms with Gasteiger partial charge in [0.15, 0.2) is 26.9 Å². The smallest absolute Gasteiger partial charge is 0.731 e. The fourth-order valence-electron chi connectivity index (χ4n) is 2.58. The quantitative estimate of drug-likeness (QED) is 0.0836. The van der Waals surface area contributed by atoms with Gasteiger partial charge in [-0.25, -0.2) is 17.7 Å². The first-order valence-electron chi connectivity index (χ1n) is 7.72. The van der Waals surface area contributed by atoms with E-state index in [2.05, 4.69) is 20.7 Å². The van der Waals surface area contributed by atoms with Crippen LogP contribution in [-0.2, 0) is 24.7 Å². The van der Waals surface area contributed by atoms with Crippen LogP contribution >= 0.6 is 23.1 Å². The van der Waals surface area contributed by atoms with E-state index >= 15 is 0 Å². The summed E-state index contributed by atoms with van der Waals surface area (Å²) in [5.41, 5.74) is 9.17. The molecule has 5 N–H and O–H groups in total. The van der Waals surface area contributed by atoms with E-state index < -0.39 is 34.0 Å². The van der Waals surface area contributed by atoms with Crippen LogP contribution in [0.4, 0.5) is 5.13 Å². The number of quaternary nitrogens is 1. The zero-order valence-corrected chi connectivity index (χ0v) is 20.9. The number of hydrogen-bond donors (Lipinski definition) is 2. The fraction of sp³-hybridized carbons (Fsp3) is 0.538. The molecule has 0 spiro atoms. The molecular formula is C13H19KN5O6S3+. The molecule has 2 rings (SSSR count). The maximum absolute atomic E-state index is 12.6. The van der Waals surface area contributed by atoms with Crippen molar-refractivity contribution in [2.75, 3.05) is 30.9 Å². The Labute approximate surface area is 212 Å². The summed E-state index contributed by atoms with van der Waals surface area (Å²) in [4.78, 5) is 33.7. The zero-order valence-electron chi connectivity index (χ0n) is 15.4. The van der Waals surface area contributed by atoms with Gasteiger partial charge in [0, 0.05) is 24.1 Å². The Morgan fingerprint density at radius 1 is 1.57 bits per heavy atom. The van der Waals surface area contributed by atoms with Gasteiger partial charge in [-0.05, 0) is 0 Å².